The second-order valence-electron chi connectivity index (χ2n) is 15.4. The Morgan fingerprint density at radius 3 is 1.09 bits per heavy atom. The predicted molar refractivity (Wildman–Crippen MR) is 238 cm³/mol. The second kappa shape index (κ2) is 44.8. The number of unbranched alkanes of at least 4 members (excludes halogenated alkanes) is 22. The molecule has 0 aromatic heterocycles. The Balaban J connectivity index is 4.44. The van der Waals surface area contributed by atoms with E-state index in [1.165, 1.54) is 83.5 Å². The highest BCUT2D eigenvalue weighted by Gasteiger charge is 2.19. The van der Waals surface area contributed by atoms with E-state index in [2.05, 4.69) is 81.5 Å². The Labute approximate surface area is 345 Å². The predicted octanol–water partition coefficient (Wildman–Crippen LogP) is 14.9. The van der Waals surface area contributed by atoms with E-state index in [0.29, 0.717) is 12.8 Å². The first kappa shape index (κ1) is 53.1. The molecular weight excluding hydrogens is 697 g/mol. The van der Waals surface area contributed by atoms with Crippen LogP contribution in [0.2, 0.25) is 0 Å². The number of rotatable bonds is 41. The average molecular weight is 783 g/mol. The van der Waals surface area contributed by atoms with Crippen LogP contribution in [0, 0.1) is 0 Å². The molecule has 0 N–H and O–H groups in total. The monoisotopic (exact) mass is 783 g/mol. The molecule has 0 bridgehead atoms. The summed E-state index contributed by atoms with van der Waals surface area (Å²) in [5.74, 6) is -0.967. The minimum Gasteiger partial charge on any atom is -0.462 e. The minimum atomic E-state index is -0.799. The van der Waals surface area contributed by atoms with Gasteiger partial charge in [0, 0.05) is 19.3 Å². The number of esters is 3. The summed E-state index contributed by atoms with van der Waals surface area (Å²) in [6, 6.07) is 0. The maximum atomic E-state index is 12.7. The summed E-state index contributed by atoms with van der Waals surface area (Å²) in [6.45, 7) is 6.47. The quantitative estimate of drug-likeness (QED) is 0.0202. The van der Waals surface area contributed by atoms with Gasteiger partial charge < -0.3 is 14.2 Å². The molecule has 0 aliphatic rings. The van der Waals surface area contributed by atoms with E-state index in [9.17, 15) is 14.4 Å². The fourth-order valence-corrected chi connectivity index (χ4v) is 6.15. The summed E-state index contributed by atoms with van der Waals surface area (Å²) in [5, 5.41) is 0. The molecule has 0 aliphatic carbocycles. The smallest absolute Gasteiger partial charge is 0.306 e. The van der Waals surface area contributed by atoms with Crippen molar-refractivity contribution >= 4 is 17.9 Å². The van der Waals surface area contributed by atoms with Crippen LogP contribution in [-0.2, 0) is 28.6 Å². The third-order valence-electron chi connectivity index (χ3n) is 9.77. The van der Waals surface area contributed by atoms with Crippen LogP contribution in [0.5, 0.6) is 0 Å². The third kappa shape index (κ3) is 42.3. The normalized spacial score (nSPS) is 12.6. The van der Waals surface area contributed by atoms with Crippen LogP contribution in [0.3, 0.4) is 0 Å². The van der Waals surface area contributed by atoms with Crippen molar-refractivity contribution in [3.63, 3.8) is 0 Å². The highest BCUT2D eigenvalue weighted by molar-refractivity contribution is 5.71. The molecule has 0 saturated carbocycles. The standard InChI is InChI=1S/C50H86O6/c1-4-7-10-13-16-19-22-23-24-25-26-29-31-34-37-40-43-49(52)55-46-47(56-50(53)44-41-38-35-32-28-21-18-15-12-9-6-3)45-54-48(51)42-39-36-33-30-27-20-17-14-11-8-5-2/h14-15,17-18,21,24-26,28-29,47H,4-13,16,19-20,22-23,27,30-46H2,1-3H3/b17-14-,18-15-,25-24-,28-21-,29-26-. The fourth-order valence-electron chi connectivity index (χ4n) is 6.15. The molecule has 0 saturated heterocycles. The molecule has 0 heterocycles. The van der Waals surface area contributed by atoms with Gasteiger partial charge in [0.25, 0.3) is 0 Å². The number of allylic oxidation sites excluding steroid dienone is 10. The van der Waals surface area contributed by atoms with E-state index in [1.54, 1.807) is 0 Å². The molecule has 1 atom stereocenters. The van der Waals surface area contributed by atoms with Gasteiger partial charge in [-0.15, -0.1) is 0 Å². The van der Waals surface area contributed by atoms with Crippen LogP contribution in [-0.4, -0.2) is 37.2 Å². The lowest BCUT2D eigenvalue weighted by Gasteiger charge is -2.18. The molecule has 0 amide bonds. The average Bonchev–Trinajstić information content (AvgIpc) is 3.19. The molecule has 0 aromatic rings. The molecule has 0 aliphatic heterocycles. The Hall–Kier alpha value is -2.89. The van der Waals surface area contributed by atoms with Crippen molar-refractivity contribution in [3.8, 4) is 0 Å². The van der Waals surface area contributed by atoms with Gasteiger partial charge in [-0.05, 0) is 83.5 Å². The van der Waals surface area contributed by atoms with Crippen molar-refractivity contribution in [1.82, 2.24) is 0 Å². The molecule has 0 rings (SSSR count). The van der Waals surface area contributed by atoms with Crippen LogP contribution in [0.1, 0.15) is 220 Å². The molecule has 1 unspecified atom stereocenters. The van der Waals surface area contributed by atoms with Crippen LogP contribution in [0.25, 0.3) is 0 Å². The van der Waals surface area contributed by atoms with Gasteiger partial charge in [0.15, 0.2) is 6.10 Å². The zero-order chi connectivity index (χ0) is 40.8. The van der Waals surface area contributed by atoms with Crippen LogP contribution >= 0.6 is 0 Å². The zero-order valence-electron chi connectivity index (χ0n) is 36.6. The number of carbonyl (C=O) groups excluding carboxylic acids is 3. The Kier molecular flexibility index (Phi) is 42.5. The van der Waals surface area contributed by atoms with Gasteiger partial charge >= 0.3 is 17.9 Å². The first-order valence-corrected chi connectivity index (χ1v) is 23.3. The van der Waals surface area contributed by atoms with E-state index in [1.807, 2.05) is 0 Å². The first-order chi connectivity index (χ1) is 27.5. The number of ether oxygens (including phenoxy) is 3. The number of carbonyl (C=O) groups is 3. The maximum Gasteiger partial charge on any atom is 0.306 e. The van der Waals surface area contributed by atoms with Gasteiger partial charge in [-0.3, -0.25) is 14.4 Å². The van der Waals surface area contributed by atoms with E-state index in [0.717, 1.165) is 96.3 Å². The highest BCUT2D eigenvalue weighted by atomic mass is 16.6. The van der Waals surface area contributed by atoms with E-state index >= 15 is 0 Å². The number of hydrogen-bond acceptors (Lipinski definition) is 6. The maximum absolute atomic E-state index is 12.7. The van der Waals surface area contributed by atoms with Crippen molar-refractivity contribution in [1.29, 1.82) is 0 Å². The molecule has 0 radical (unpaired) electrons. The fraction of sp³-hybridized carbons (Fsp3) is 0.740. The van der Waals surface area contributed by atoms with E-state index in [-0.39, 0.29) is 37.5 Å². The Bertz CT molecular complexity index is 1040. The third-order valence-corrected chi connectivity index (χ3v) is 9.77. The van der Waals surface area contributed by atoms with Crippen molar-refractivity contribution < 1.29 is 28.6 Å². The lowest BCUT2D eigenvalue weighted by Crippen LogP contribution is -2.30. The molecule has 6 heteroatoms. The minimum absolute atomic E-state index is 0.0986. The highest BCUT2D eigenvalue weighted by Crippen LogP contribution is 2.12. The lowest BCUT2D eigenvalue weighted by atomic mass is 10.1. The number of hydrogen-bond donors (Lipinski definition) is 0. The van der Waals surface area contributed by atoms with Crippen LogP contribution < -0.4 is 0 Å². The summed E-state index contributed by atoms with van der Waals surface area (Å²) in [5.41, 5.74) is 0. The molecule has 0 aromatic carbocycles. The van der Waals surface area contributed by atoms with Crippen LogP contribution in [0.15, 0.2) is 60.8 Å². The molecule has 0 fully saturated rings. The summed E-state index contributed by atoms with van der Waals surface area (Å²) in [6.07, 6.45) is 53.5. The molecule has 322 valence electrons. The largest absolute Gasteiger partial charge is 0.462 e. The topological polar surface area (TPSA) is 78.9 Å². The van der Waals surface area contributed by atoms with Gasteiger partial charge in [0.05, 0.1) is 0 Å². The van der Waals surface area contributed by atoms with Crippen molar-refractivity contribution in [2.45, 2.75) is 226 Å². The van der Waals surface area contributed by atoms with Crippen molar-refractivity contribution in [3.05, 3.63) is 60.8 Å². The molecule has 0 spiro atoms. The van der Waals surface area contributed by atoms with Crippen molar-refractivity contribution in [2.75, 3.05) is 13.2 Å². The molecular formula is C50H86O6. The lowest BCUT2D eigenvalue weighted by molar-refractivity contribution is -0.167. The summed E-state index contributed by atoms with van der Waals surface area (Å²) < 4.78 is 16.6. The van der Waals surface area contributed by atoms with E-state index in [4.69, 9.17) is 14.2 Å². The van der Waals surface area contributed by atoms with Gasteiger partial charge in [-0.25, -0.2) is 0 Å². The zero-order valence-corrected chi connectivity index (χ0v) is 36.6. The van der Waals surface area contributed by atoms with E-state index < -0.39 is 6.10 Å². The molecule has 6 nitrogen and oxygen atoms in total. The summed E-state index contributed by atoms with van der Waals surface area (Å²) in [7, 11) is 0. The first-order valence-electron chi connectivity index (χ1n) is 23.3. The SMILES string of the molecule is CCCC/C=C\C=C/CCCCCC(=O)OC(COC(=O)CCCCC/C=C\C=C/CCCCCCCCC)COC(=O)CCCCCCC/C=C\CCCC. The second-order valence-corrected chi connectivity index (χ2v) is 15.4. The van der Waals surface area contributed by atoms with Crippen LogP contribution in [0.4, 0.5) is 0 Å². The van der Waals surface area contributed by atoms with Gasteiger partial charge in [0.1, 0.15) is 13.2 Å². The van der Waals surface area contributed by atoms with Gasteiger partial charge in [-0.2, -0.15) is 0 Å². The summed E-state index contributed by atoms with van der Waals surface area (Å²) in [4.78, 5) is 37.7. The summed E-state index contributed by atoms with van der Waals surface area (Å²) >= 11 is 0. The molecule has 56 heavy (non-hydrogen) atoms. The van der Waals surface area contributed by atoms with Gasteiger partial charge in [-0.1, -0.05) is 178 Å². The Morgan fingerprint density at radius 2 is 0.661 bits per heavy atom. The Morgan fingerprint density at radius 1 is 0.357 bits per heavy atom. The van der Waals surface area contributed by atoms with Crippen molar-refractivity contribution in [2.24, 2.45) is 0 Å². The van der Waals surface area contributed by atoms with Gasteiger partial charge in [0.2, 0.25) is 0 Å².